The van der Waals surface area contributed by atoms with Crippen molar-refractivity contribution in [3.05, 3.63) is 24.1 Å². The third-order valence-corrected chi connectivity index (χ3v) is 4.05. The van der Waals surface area contributed by atoms with Crippen molar-refractivity contribution in [1.29, 1.82) is 0 Å². The van der Waals surface area contributed by atoms with Crippen molar-refractivity contribution in [3.63, 3.8) is 0 Å². The van der Waals surface area contributed by atoms with Gasteiger partial charge in [-0.25, -0.2) is 14.2 Å². The summed E-state index contributed by atoms with van der Waals surface area (Å²) in [6, 6.07) is 2.88. The summed E-state index contributed by atoms with van der Waals surface area (Å²) in [5, 5.41) is 2.72. The topological polar surface area (TPSA) is 57.7 Å². The molecule has 1 atom stereocenters. The maximum atomic E-state index is 12.8. The molecule has 128 valence electrons. The van der Waals surface area contributed by atoms with Crippen molar-refractivity contribution in [2.45, 2.75) is 26.3 Å². The molecule has 0 spiro atoms. The Morgan fingerprint density at radius 1 is 1.43 bits per heavy atom. The molecule has 1 aliphatic rings. The van der Waals surface area contributed by atoms with Gasteiger partial charge >= 0.3 is 6.03 Å². The predicted molar refractivity (Wildman–Crippen MR) is 86.9 cm³/mol. The van der Waals surface area contributed by atoms with Crippen LogP contribution in [-0.2, 0) is 4.74 Å². The number of halogens is 1. The second kappa shape index (κ2) is 8.79. The molecule has 7 heteroatoms. The summed E-state index contributed by atoms with van der Waals surface area (Å²) in [6.45, 7) is 8.62. The Hall–Kier alpha value is -1.73. The molecule has 0 saturated carbocycles. The molecule has 0 aromatic carbocycles. The minimum atomic E-state index is -0.419. The Morgan fingerprint density at radius 2 is 2.26 bits per heavy atom. The number of urea groups is 1. The Bertz CT molecular complexity index is 497. The summed E-state index contributed by atoms with van der Waals surface area (Å²) in [7, 11) is 0. The fourth-order valence-corrected chi connectivity index (χ4v) is 2.72. The smallest absolute Gasteiger partial charge is 0.323 e. The number of piperazine rings is 1. The van der Waals surface area contributed by atoms with Gasteiger partial charge in [-0.15, -0.1) is 0 Å². The number of amides is 2. The van der Waals surface area contributed by atoms with Crippen LogP contribution in [-0.4, -0.2) is 66.2 Å². The minimum Gasteiger partial charge on any atom is -0.380 e. The Kier molecular flexibility index (Phi) is 6.73. The molecule has 2 amide bonds. The van der Waals surface area contributed by atoms with Crippen LogP contribution in [0.15, 0.2) is 18.3 Å². The van der Waals surface area contributed by atoms with Gasteiger partial charge in [-0.05, 0) is 25.5 Å². The number of hydrogen-bond acceptors (Lipinski definition) is 4. The molecule has 23 heavy (non-hydrogen) atoms. The maximum Gasteiger partial charge on any atom is 0.323 e. The zero-order chi connectivity index (χ0) is 16.7. The first-order valence-electron chi connectivity index (χ1n) is 8.13. The van der Waals surface area contributed by atoms with E-state index in [2.05, 4.69) is 22.1 Å². The summed E-state index contributed by atoms with van der Waals surface area (Å²) >= 11 is 0. The molecule has 2 heterocycles. The van der Waals surface area contributed by atoms with Gasteiger partial charge in [0.2, 0.25) is 0 Å². The number of hydrogen-bond donors (Lipinski definition) is 1. The van der Waals surface area contributed by atoms with Gasteiger partial charge < -0.3 is 9.64 Å². The van der Waals surface area contributed by atoms with E-state index in [0.29, 0.717) is 24.9 Å². The number of nitrogens with one attached hydrogen (secondary N) is 1. The average molecular weight is 324 g/mol. The molecule has 1 saturated heterocycles. The van der Waals surface area contributed by atoms with Crippen LogP contribution in [0.5, 0.6) is 0 Å². The second-order valence-electron chi connectivity index (χ2n) is 5.53. The average Bonchev–Trinajstić information content (AvgIpc) is 2.57. The predicted octanol–water partition coefficient (Wildman–Crippen LogP) is 2.19. The van der Waals surface area contributed by atoms with E-state index in [-0.39, 0.29) is 6.03 Å². The molecular formula is C16H25FN4O2. The number of rotatable bonds is 6. The number of nitrogens with zero attached hydrogens (tertiary/aromatic N) is 3. The molecular weight excluding hydrogens is 299 g/mol. The van der Waals surface area contributed by atoms with E-state index in [9.17, 15) is 9.18 Å². The second-order valence-corrected chi connectivity index (χ2v) is 5.53. The first-order valence-corrected chi connectivity index (χ1v) is 8.13. The van der Waals surface area contributed by atoms with Crippen LogP contribution in [0.2, 0.25) is 0 Å². The molecule has 1 fully saturated rings. The standard InChI is InChI=1S/C16H25FN4O2/c1-3-14-12-21(8-7-20(14)9-10-23-4-2)16(22)19-15-6-5-13(17)11-18-15/h5-6,11,14H,3-4,7-10,12H2,1-2H3,(H,18,19,22)/t14-/m1/s1. The lowest BCUT2D eigenvalue weighted by Gasteiger charge is -2.41. The molecule has 1 N–H and O–H groups in total. The minimum absolute atomic E-state index is 0.188. The molecule has 0 radical (unpaired) electrons. The molecule has 1 aliphatic heterocycles. The lowest BCUT2D eigenvalue weighted by atomic mass is 10.1. The van der Waals surface area contributed by atoms with Crippen molar-refractivity contribution in [1.82, 2.24) is 14.8 Å². The van der Waals surface area contributed by atoms with Gasteiger partial charge in [0, 0.05) is 38.8 Å². The Morgan fingerprint density at radius 3 is 2.91 bits per heavy atom. The Labute approximate surface area is 136 Å². The summed E-state index contributed by atoms with van der Waals surface area (Å²) in [5.41, 5.74) is 0. The van der Waals surface area contributed by atoms with E-state index in [1.165, 1.54) is 12.1 Å². The summed E-state index contributed by atoms with van der Waals surface area (Å²) < 4.78 is 18.3. The summed E-state index contributed by atoms with van der Waals surface area (Å²) in [4.78, 5) is 20.3. The zero-order valence-electron chi connectivity index (χ0n) is 13.8. The van der Waals surface area contributed by atoms with Crippen LogP contribution in [0.25, 0.3) is 0 Å². The maximum absolute atomic E-state index is 12.8. The lowest BCUT2D eigenvalue weighted by Crippen LogP contribution is -2.56. The van der Waals surface area contributed by atoms with Crippen LogP contribution in [0.1, 0.15) is 20.3 Å². The summed E-state index contributed by atoms with van der Waals surface area (Å²) in [5.74, 6) is -0.0554. The van der Waals surface area contributed by atoms with Crippen molar-refractivity contribution in [2.75, 3.05) is 44.7 Å². The number of anilines is 1. The third kappa shape index (κ3) is 5.14. The molecule has 1 aromatic rings. The molecule has 6 nitrogen and oxygen atoms in total. The van der Waals surface area contributed by atoms with Gasteiger partial charge in [0.05, 0.1) is 12.8 Å². The van der Waals surface area contributed by atoms with E-state index in [1.54, 1.807) is 4.90 Å². The molecule has 0 bridgehead atoms. The quantitative estimate of drug-likeness (QED) is 0.815. The van der Waals surface area contributed by atoms with Crippen molar-refractivity contribution < 1.29 is 13.9 Å². The lowest BCUT2D eigenvalue weighted by molar-refractivity contribution is 0.0545. The fraction of sp³-hybridized carbons (Fsp3) is 0.625. The highest BCUT2D eigenvalue weighted by Gasteiger charge is 2.28. The van der Waals surface area contributed by atoms with E-state index in [0.717, 1.165) is 38.9 Å². The van der Waals surface area contributed by atoms with E-state index in [4.69, 9.17) is 4.74 Å². The van der Waals surface area contributed by atoms with Crippen LogP contribution in [0, 0.1) is 5.82 Å². The molecule has 0 aliphatic carbocycles. The van der Waals surface area contributed by atoms with Crippen LogP contribution >= 0.6 is 0 Å². The van der Waals surface area contributed by atoms with E-state index in [1.807, 2.05) is 6.92 Å². The number of aromatic nitrogens is 1. The van der Waals surface area contributed by atoms with E-state index >= 15 is 0 Å². The Balaban J connectivity index is 1.86. The highest BCUT2D eigenvalue weighted by atomic mass is 19.1. The van der Waals surface area contributed by atoms with Crippen LogP contribution in [0.3, 0.4) is 0 Å². The normalized spacial score (nSPS) is 18.9. The first-order chi connectivity index (χ1) is 11.1. The summed E-state index contributed by atoms with van der Waals surface area (Å²) in [6.07, 6.45) is 2.07. The number of pyridine rings is 1. The number of carbonyl (C=O) groups is 1. The first kappa shape index (κ1) is 17.6. The zero-order valence-corrected chi connectivity index (χ0v) is 13.8. The van der Waals surface area contributed by atoms with Crippen molar-refractivity contribution in [3.8, 4) is 0 Å². The third-order valence-electron chi connectivity index (χ3n) is 4.05. The van der Waals surface area contributed by atoms with Crippen molar-refractivity contribution >= 4 is 11.8 Å². The van der Waals surface area contributed by atoms with E-state index < -0.39 is 5.82 Å². The van der Waals surface area contributed by atoms with Crippen LogP contribution < -0.4 is 5.32 Å². The van der Waals surface area contributed by atoms with Gasteiger partial charge in [-0.3, -0.25) is 10.2 Å². The van der Waals surface area contributed by atoms with Gasteiger partial charge in [0.1, 0.15) is 11.6 Å². The number of ether oxygens (including phenoxy) is 1. The highest BCUT2D eigenvalue weighted by Crippen LogP contribution is 2.14. The largest absolute Gasteiger partial charge is 0.380 e. The fourth-order valence-electron chi connectivity index (χ4n) is 2.72. The van der Waals surface area contributed by atoms with Gasteiger partial charge in [0.15, 0.2) is 0 Å². The van der Waals surface area contributed by atoms with Gasteiger partial charge in [-0.2, -0.15) is 0 Å². The molecule has 0 unspecified atom stereocenters. The van der Waals surface area contributed by atoms with Gasteiger partial charge in [-0.1, -0.05) is 6.92 Å². The monoisotopic (exact) mass is 324 g/mol. The molecule has 1 aromatic heterocycles. The van der Waals surface area contributed by atoms with Crippen LogP contribution in [0.4, 0.5) is 15.0 Å². The SMILES string of the molecule is CCOCCN1CCN(C(=O)Nc2ccc(F)cn2)C[C@H]1CC. The number of carbonyl (C=O) groups excluding carboxylic acids is 1. The van der Waals surface area contributed by atoms with Gasteiger partial charge in [0.25, 0.3) is 0 Å². The molecule has 2 rings (SSSR count). The van der Waals surface area contributed by atoms with Crippen molar-refractivity contribution in [2.24, 2.45) is 0 Å². The highest BCUT2D eigenvalue weighted by molar-refractivity contribution is 5.88.